The monoisotopic (exact) mass is 187 g/mol. The first-order valence-corrected chi connectivity index (χ1v) is 4.31. The number of hydrogen-bond donors (Lipinski definition) is 1. The van der Waals surface area contributed by atoms with Gasteiger partial charge in [0.2, 0.25) is 0 Å². The van der Waals surface area contributed by atoms with Crippen LogP contribution in [-0.2, 0) is 0 Å². The Kier molecular flexibility index (Phi) is 2.65. The molecule has 1 aromatic heterocycles. The second kappa shape index (κ2) is 3.53. The SMILES string of the molecule is CSc1nccc(C(=O)O)c1F. The first kappa shape index (κ1) is 8.99. The van der Waals surface area contributed by atoms with Crippen molar-refractivity contribution in [2.24, 2.45) is 0 Å². The molecule has 0 radical (unpaired) electrons. The predicted octanol–water partition coefficient (Wildman–Crippen LogP) is 1.64. The molecule has 12 heavy (non-hydrogen) atoms. The van der Waals surface area contributed by atoms with Crippen LogP contribution in [0.25, 0.3) is 0 Å². The standard InChI is InChI=1S/C7H6FNO2S/c1-12-6-5(8)4(7(10)11)2-3-9-6/h2-3H,1H3,(H,10,11). The van der Waals surface area contributed by atoms with E-state index in [0.717, 1.165) is 17.8 Å². The predicted molar refractivity (Wildman–Crippen MR) is 42.9 cm³/mol. The number of hydrogen-bond acceptors (Lipinski definition) is 3. The summed E-state index contributed by atoms with van der Waals surface area (Å²) in [6.07, 6.45) is 2.91. The molecule has 0 atom stereocenters. The van der Waals surface area contributed by atoms with E-state index in [0.29, 0.717) is 0 Å². The number of carboxylic acids is 1. The van der Waals surface area contributed by atoms with Gasteiger partial charge >= 0.3 is 5.97 Å². The van der Waals surface area contributed by atoms with Gasteiger partial charge in [0, 0.05) is 6.20 Å². The van der Waals surface area contributed by atoms with Crippen molar-refractivity contribution in [3.63, 3.8) is 0 Å². The summed E-state index contributed by atoms with van der Waals surface area (Å²) in [7, 11) is 0. The van der Waals surface area contributed by atoms with Gasteiger partial charge in [-0.3, -0.25) is 0 Å². The van der Waals surface area contributed by atoms with E-state index in [1.165, 1.54) is 6.20 Å². The lowest BCUT2D eigenvalue weighted by atomic mass is 10.3. The van der Waals surface area contributed by atoms with Gasteiger partial charge in [0.25, 0.3) is 0 Å². The number of rotatable bonds is 2. The van der Waals surface area contributed by atoms with Crippen molar-refractivity contribution in [1.82, 2.24) is 4.98 Å². The summed E-state index contributed by atoms with van der Waals surface area (Å²) < 4.78 is 13.1. The van der Waals surface area contributed by atoms with Crippen molar-refractivity contribution in [2.75, 3.05) is 6.26 Å². The van der Waals surface area contributed by atoms with Gasteiger partial charge in [-0.1, -0.05) is 0 Å². The van der Waals surface area contributed by atoms with E-state index >= 15 is 0 Å². The lowest BCUT2D eigenvalue weighted by Crippen LogP contribution is -2.02. The van der Waals surface area contributed by atoms with Crippen LogP contribution in [0.4, 0.5) is 4.39 Å². The Morgan fingerprint density at radius 2 is 2.42 bits per heavy atom. The Morgan fingerprint density at radius 3 is 2.92 bits per heavy atom. The second-order valence-corrected chi connectivity index (χ2v) is 2.78. The maximum absolute atomic E-state index is 13.1. The average molecular weight is 187 g/mol. The highest BCUT2D eigenvalue weighted by Crippen LogP contribution is 2.18. The second-order valence-electron chi connectivity index (χ2n) is 1.99. The van der Waals surface area contributed by atoms with Crippen molar-refractivity contribution in [1.29, 1.82) is 0 Å². The normalized spacial score (nSPS) is 9.83. The molecule has 0 amide bonds. The van der Waals surface area contributed by atoms with E-state index in [9.17, 15) is 9.18 Å². The van der Waals surface area contributed by atoms with Crippen LogP contribution in [0.1, 0.15) is 10.4 Å². The number of carboxylic acid groups (broad SMARTS) is 1. The Labute approximate surface area is 72.6 Å². The van der Waals surface area contributed by atoms with Gasteiger partial charge in [0.05, 0.1) is 5.56 Å². The Balaban J connectivity index is 3.23. The summed E-state index contributed by atoms with van der Waals surface area (Å²) in [6, 6.07) is 1.14. The number of carbonyl (C=O) groups is 1. The molecule has 0 saturated carbocycles. The molecule has 64 valence electrons. The van der Waals surface area contributed by atoms with E-state index in [1.54, 1.807) is 6.26 Å². The highest BCUT2D eigenvalue weighted by molar-refractivity contribution is 7.98. The fraction of sp³-hybridized carbons (Fsp3) is 0.143. The molecule has 0 unspecified atom stereocenters. The molecular weight excluding hydrogens is 181 g/mol. The van der Waals surface area contributed by atoms with Crippen molar-refractivity contribution in [3.8, 4) is 0 Å². The van der Waals surface area contributed by atoms with Gasteiger partial charge in [-0.05, 0) is 12.3 Å². The van der Waals surface area contributed by atoms with Crippen molar-refractivity contribution >= 4 is 17.7 Å². The Hall–Kier alpha value is -1.10. The molecule has 0 fully saturated rings. The largest absolute Gasteiger partial charge is 0.478 e. The average Bonchev–Trinajstić information content (AvgIpc) is 2.04. The van der Waals surface area contributed by atoms with E-state index in [4.69, 9.17) is 5.11 Å². The number of halogens is 1. The van der Waals surface area contributed by atoms with Crippen molar-refractivity contribution in [2.45, 2.75) is 5.03 Å². The van der Waals surface area contributed by atoms with Crippen LogP contribution in [0.3, 0.4) is 0 Å². The van der Waals surface area contributed by atoms with Crippen LogP contribution in [0.2, 0.25) is 0 Å². The number of aromatic carboxylic acids is 1. The molecule has 0 saturated heterocycles. The maximum Gasteiger partial charge on any atom is 0.338 e. The first-order chi connectivity index (χ1) is 5.66. The van der Waals surface area contributed by atoms with Crippen LogP contribution < -0.4 is 0 Å². The van der Waals surface area contributed by atoms with Gasteiger partial charge in [-0.15, -0.1) is 11.8 Å². The number of nitrogens with zero attached hydrogens (tertiary/aromatic N) is 1. The number of aromatic nitrogens is 1. The molecule has 0 aliphatic carbocycles. The van der Waals surface area contributed by atoms with Crippen LogP contribution in [0.15, 0.2) is 17.3 Å². The minimum Gasteiger partial charge on any atom is -0.478 e. The molecule has 5 heteroatoms. The zero-order valence-corrected chi connectivity index (χ0v) is 7.06. The van der Waals surface area contributed by atoms with Crippen molar-refractivity contribution < 1.29 is 14.3 Å². The van der Waals surface area contributed by atoms with Gasteiger partial charge < -0.3 is 5.11 Å². The summed E-state index contributed by atoms with van der Waals surface area (Å²) >= 11 is 1.08. The summed E-state index contributed by atoms with van der Waals surface area (Å²) in [6.45, 7) is 0. The molecule has 0 aromatic carbocycles. The first-order valence-electron chi connectivity index (χ1n) is 3.08. The van der Waals surface area contributed by atoms with Crippen LogP contribution in [0.5, 0.6) is 0 Å². The molecule has 0 aliphatic rings. The number of thioether (sulfide) groups is 1. The highest BCUT2D eigenvalue weighted by atomic mass is 32.2. The zero-order chi connectivity index (χ0) is 9.14. The van der Waals surface area contributed by atoms with Crippen molar-refractivity contribution in [3.05, 3.63) is 23.6 Å². The van der Waals surface area contributed by atoms with Crippen LogP contribution in [0, 0.1) is 5.82 Å². The molecular formula is C7H6FNO2S. The smallest absolute Gasteiger partial charge is 0.338 e. The minimum absolute atomic E-state index is 0.106. The van der Waals surface area contributed by atoms with Gasteiger partial charge in [0.15, 0.2) is 5.82 Å². The van der Waals surface area contributed by atoms with Gasteiger partial charge in [-0.25, -0.2) is 14.2 Å². The van der Waals surface area contributed by atoms with Crippen LogP contribution in [-0.4, -0.2) is 22.3 Å². The third kappa shape index (κ3) is 1.55. The van der Waals surface area contributed by atoms with E-state index in [1.807, 2.05) is 0 Å². The summed E-state index contributed by atoms with van der Waals surface area (Å²) in [5.41, 5.74) is -0.339. The molecule has 1 aromatic rings. The third-order valence-electron chi connectivity index (χ3n) is 1.28. The maximum atomic E-state index is 13.1. The summed E-state index contributed by atoms with van der Waals surface area (Å²) in [5.74, 6) is -2.04. The van der Waals surface area contributed by atoms with Gasteiger partial charge in [0.1, 0.15) is 5.03 Å². The molecule has 3 nitrogen and oxygen atoms in total. The Morgan fingerprint density at radius 1 is 1.75 bits per heavy atom. The summed E-state index contributed by atoms with van der Waals surface area (Å²) in [4.78, 5) is 14.1. The third-order valence-corrected chi connectivity index (χ3v) is 1.95. The fourth-order valence-corrected chi connectivity index (χ4v) is 1.19. The van der Waals surface area contributed by atoms with Gasteiger partial charge in [-0.2, -0.15) is 0 Å². The minimum atomic E-state index is -1.27. The summed E-state index contributed by atoms with van der Waals surface area (Å²) in [5, 5.41) is 8.61. The fourth-order valence-electron chi connectivity index (χ4n) is 0.732. The Bertz CT molecular complexity index is 316. The molecule has 0 spiro atoms. The molecule has 1 N–H and O–H groups in total. The molecule has 0 bridgehead atoms. The van der Waals surface area contributed by atoms with E-state index in [-0.39, 0.29) is 10.6 Å². The topological polar surface area (TPSA) is 50.2 Å². The van der Waals surface area contributed by atoms with E-state index in [2.05, 4.69) is 4.98 Å². The lowest BCUT2D eigenvalue weighted by Gasteiger charge is -1.99. The number of pyridine rings is 1. The lowest BCUT2D eigenvalue weighted by molar-refractivity contribution is 0.0691. The highest BCUT2D eigenvalue weighted by Gasteiger charge is 2.13. The van der Waals surface area contributed by atoms with Crippen LogP contribution >= 0.6 is 11.8 Å². The molecule has 1 heterocycles. The quantitative estimate of drug-likeness (QED) is 0.715. The van der Waals surface area contributed by atoms with E-state index < -0.39 is 11.8 Å². The molecule has 1 rings (SSSR count). The zero-order valence-electron chi connectivity index (χ0n) is 6.24. The molecule has 0 aliphatic heterocycles.